The molecule has 50 heavy (non-hydrogen) atoms. The maximum absolute atomic E-state index is 13.3. The van der Waals surface area contributed by atoms with E-state index in [1.807, 2.05) is 0 Å². The van der Waals surface area contributed by atoms with Crippen LogP contribution in [0.1, 0.15) is 38.5 Å². The van der Waals surface area contributed by atoms with Gasteiger partial charge < -0.3 is 45.9 Å². The lowest BCUT2D eigenvalue weighted by Gasteiger charge is -2.18. The first kappa shape index (κ1) is 38.3. The summed E-state index contributed by atoms with van der Waals surface area (Å²) in [6.45, 7) is 1.97. The number of anilines is 2. The zero-order chi connectivity index (χ0) is 34.7. The Hall–Kier alpha value is -6.14. The molecule has 4 heterocycles. The molecule has 1 aliphatic heterocycles. The van der Waals surface area contributed by atoms with Crippen LogP contribution in [0.3, 0.4) is 0 Å². The van der Waals surface area contributed by atoms with Gasteiger partial charge in [-0.05, 0) is 31.2 Å². The van der Waals surface area contributed by atoms with Crippen LogP contribution in [-0.2, 0) is 18.9 Å². The van der Waals surface area contributed by atoms with E-state index >= 15 is 0 Å². The van der Waals surface area contributed by atoms with Crippen molar-refractivity contribution in [3.63, 3.8) is 0 Å². The molecule has 0 saturated carbocycles. The van der Waals surface area contributed by atoms with Gasteiger partial charge in [-0.25, -0.2) is 0 Å². The van der Waals surface area contributed by atoms with Gasteiger partial charge in [0.05, 0.1) is 27.4 Å². The predicted molar refractivity (Wildman–Crippen MR) is 189 cm³/mol. The number of aryl methyl sites for hydroxylation is 2. The lowest BCUT2D eigenvalue weighted by Crippen LogP contribution is -2.39. The van der Waals surface area contributed by atoms with Crippen molar-refractivity contribution in [2.45, 2.75) is 12.5 Å². The summed E-state index contributed by atoms with van der Waals surface area (Å²) < 4.78 is 8.52. The SMILES string of the molecule is Cl.Cl.Cn1cc(NC(=O)c2cc3c([N+](=O)[O-])cccc3o2)cc1C(=O)NC1=CC(C)(C(=O)Nc2ccn(C)c2C(=O)NCCNC(=N)N)N=C1. The number of guanidine groups is 1. The number of halogens is 2. The van der Waals surface area contributed by atoms with Gasteiger partial charge in [0.15, 0.2) is 17.3 Å². The molecule has 0 radical (unpaired) electrons. The van der Waals surface area contributed by atoms with Crippen LogP contribution in [0.5, 0.6) is 0 Å². The van der Waals surface area contributed by atoms with Crippen LogP contribution in [0.2, 0.25) is 0 Å². The molecule has 0 bridgehead atoms. The van der Waals surface area contributed by atoms with E-state index in [2.05, 4.69) is 31.6 Å². The van der Waals surface area contributed by atoms with Gasteiger partial charge in [0, 0.05) is 57.9 Å². The summed E-state index contributed by atoms with van der Waals surface area (Å²) in [7, 11) is 3.24. The van der Waals surface area contributed by atoms with Crippen molar-refractivity contribution in [1.29, 1.82) is 5.41 Å². The number of hydrogen-bond acceptors (Lipinski definition) is 9. The molecule has 0 fully saturated rings. The van der Waals surface area contributed by atoms with E-state index in [4.69, 9.17) is 15.6 Å². The third-order valence-corrected chi connectivity index (χ3v) is 7.34. The van der Waals surface area contributed by atoms with Crippen LogP contribution >= 0.6 is 24.8 Å². The molecule has 4 amide bonds. The van der Waals surface area contributed by atoms with E-state index in [0.717, 1.165) is 0 Å². The molecule has 264 valence electrons. The van der Waals surface area contributed by atoms with Gasteiger partial charge in [-0.15, -0.1) is 24.8 Å². The minimum absolute atomic E-state index is 0. The van der Waals surface area contributed by atoms with Crippen molar-refractivity contribution in [3.05, 3.63) is 87.8 Å². The molecular formula is C30H33Cl2N11O7. The fourth-order valence-corrected chi connectivity index (χ4v) is 4.96. The first-order valence-electron chi connectivity index (χ1n) is 14.3. The maximum atomic E-state index is 13.3. The number of nitrogens with one attached hydrogen (secondary N) is 6. The standard InChI is InChI=1S/C30H31N11O7.2ClH/c1-30(28(45)38-19-7-10-39(2)24(19)27(44)33-8-9-34-29(31)32)13-17(14-35-30)37-25(42)21-11-16(15-40(21)3)36-26(43)23-12-18-20(41(46)47)5-4-6-22(18)48-23;;/h4-7,10-15H,8-9H2,1-3H3,(H,33,44)(H,36,43)(H,37,42)(H,38,45)(H4,31,32,34);2*1H. The lowest BCUT2D eigenvalue weighted by atomic mass is 10.0. The molecular weight excluding hydrogens is 697 g/mol. The van der Waals surface area contributed by atoms with Gasteiger partial charge >= 0.3 is 0 Å². The summed E-state index contributed by atoms with van der Waals surface area (Å²) in [6.07, 6.45) is 5.91. The number of non-ortho nitro benzene ring substituents is 1. The average Bonchev–Trinajstić information content (AvgIpc) is 3.80. The molecule has 8 N–H and O–H groups in total. The zero-order valence-electron chi connectivity index (χ0n) is 26.7. The number of aliphatic imine (C=N–C) groups is 1. The summed E-state index contributed by atoms with van der Waals surface area (Å²) in [4.78, 5) is 67.1. The van der Waals surface area contributed by atoms with E-state index in [1.54, 1.807) is 30.9 Å². The zero-order valence-corrected chi connectivity index (χ0v) is 28.4. The second kappa shape index (κ2) is 15.4. The summed E-state index contributed by atoms with van der Waals surface area (Å²) in [5.41, 5.74) is 4.94. The highest BCUT2D eigenvalue weighted by atomic mass is 35.5. The van der Waals surface area contributed by atoms with Crippen LogP contribution in [0.4, 0.5) is 17.1 Å². The quantitative estimate of drug-likeness (QED) is 0.0393. The van der Waals surface area contributed by atoms with Gasteiger partial charge in [-0.2, -0.15) is 0 Å². The van der Waals surface area contributed by atoms with E-state index in [0.29, 0.717) is 0 Å². The third-order valence-electron chi connectivity index (χ3n) is 7.34. The molecule has 1 aliphatic rings. The number of allylic oxidation sites excluding steroid dienone is 1. The Morgan fingerprint density at radius 2 is 1.72 bits per heavy atom. The summed E-state index contributed by atoms with van der Waals surface area (Å²) >= 11 is 0. The number of benzene rings is 1. The number of aromatic nitrogens is 2. The Balaban J connectivity index is 0.00000338. The van der Waals surface area contributed by atoms with Gasteiger partial charge in [0.2, 0.25) is 0 Å². The highest BCUT2D eigenvalue weighted by Gasteiger charge is 2.35. The molecule has 1 unspecified atom stereocenters. The number of hydrogen-bond donors (Lipinski definition) is 7. The number of carbonyl (C=O) groups is 4. The van der Waals surface area contributed by atoms with Crippen LogP contribution in [0.15, 0.2) is 70.0 Å². The van der Waals surface area contributed by atoms with Gasteiger partial charge in [0.25, 0.3) is 29.3 Å². The van der Waals surface area contributed by atoms with Crippen LogP contribution < -0.4 is 32.3 Å². The fourth-order valence-electron chi connectivity index (χ4n) is 4.96. The van der Waals surface area contributed by atoms with E-state index < -0.39 is 34.1 Å². The van der Waals surface area contributed by atoms with Crippen LogP contribution in [-0.4, -0.2) is 68.5 Å². The number of nitro benzene ring substituents is 1. The molecule has 0 spiro atoms. The van der Waals surface area contributed by atoms with Gasteiger partial charge in [0.1, 0.15) is 17.0 Å². The number of furan rings is 1. The summed E-state index contributed by atoms with van der Waals surface area (Å²) in [6, 6.07) is 8.54. The van der Waals surface area contributed by atoms with Crippen LogP contribution in [0, 0.1) is 15.5 Å². The van der Waals surface area contributed by atoms with Crippen molar-refractivity contribution < 1.29 is 28.5 Å². The van der Waals surface area contributed by atoms with Gasteiger partial charge in [-0.3, -0.25) is 39.7 Å². The minimum Gasteiger partial charge on any atom is -0.451 e. The largest absolute Gasteiger partial charge is 0.451 e. The van der Waals surface area contributed by atoms with Crippen molar-refractivity contribution >= 4 is 88.6 Å². The normalized spacial score (nSPS) is 14.5. The highest BCUT2D eigenvalue weighted by Crippen LogP contribution is 2.29. The second-order valence-corrected chi connectivity index (χ2v) is 10.9. The molecule has 0 aliphatic carbocycles. The monoisotopic (exact) mass is 729 g/mol. The molecule has 3 aromatic heterocycles. The molecule has 0 saturated heterocycles. The lowest BCUT2D eigenvalue weighted by molar-refractivity contribution is -0.383. The summed E-state index contributed by atoms with van der Waals surface area (Å²) in [5, 5.41) is 32.0. The Morgan fingerprint density at radius 3 is 2.42 bits per heavy atom. The van der Waals surface area contributed by atoms with E-state index in [9.17, 15) is 29.3 Å². The third kappa shape index (κ3) is 8.10. The van der Waals surface area contributed by atoms with Crippen molar-refractivity contribution in [2.75, 3.05) is 23.7 Å². The molecule has 1 atom stereocenters. The van der Waals surface area contributed by atoms with Crippen molar-refractivity contribution in [1.82, 2.24) is 25.1 Å². The number of nitrogens with zero attached hydrogens (tertiary/aromatic N) is 4. The Labute approximate surface area is 296 Å². The number of nitro groups is 1. The number of nitrogens with two attached hydrogens (primary N) is 1. The number of rotatable bonds is 11. The first-order valence-corrected chi connectivity index (χ1v) is 14.3. The highest BCUT2D eigenvalue weighted by molar-refractivity contribution is 6.09. The topological polar surface area (TPSA) is 257 Å². The maximum Gasteiger partial charge on any atom is 0.291 e. The summed E-state index contributed by atoms with van der Waals surface area (Å²) in [5.74, 6) is -2.60. The molecule has 1 aromatic carbocycles. The van der Waals surface area contributed by atoms with Crippen molar-refractivity contribution in [3.8, 4) is 0 Å². The first-order chi connectivity index (χ1) is 22.8. The number of carbonyl (C=O) groups excluding carboxylic acids is 4. The van der Waals surface area contributed by atoms with E-state index in [-0.39, 0.29) is 94.7 Å². The van der Waals surface area contributed by atoms with Gasteiger partial charge in [-0.1, -0.05) is 6.07 Å². The predicted octanol–water partition coefficient (Wildman–Crippen LogP) is 2.42. The minimum atomic E-state index is -1.41. The Kier molecular flexibility index (Phi) is 11.8. The Bertz CT molecular complexity index is 2060. The average molecular weight is 731 g/mol. The molecule has 4 aromatic rings. The second-order valence-electron chi connectivity index (χ2n) is 10.9. The smallest absolute Gasteiger partial charge is 0.291 e. The molecule has 20 heteroatoms. The fraction of sp³-hybridized carbons (Fsp3) is 0.200. The van der Waals surface area contributed by atoms with Crippen molar-refractivity contribution in [2.24, 2.45) is 24.8 Å². The Morgan fingerprint density at radius 1 is 1.00 bits per heavy atom. The molecule has 18 nitrogen and oxygen atoms in total. The molecule has 5 rings (SSSR count). The van der Waals surface area contributed by atoms with E-state index in [1.165, 1.54) is 60.3 Å². The number of fused-ring (bicyclic) bond motifs is 1. The van der Waals surface area contributed by atoms with Crippen LogP contribution in [0.25, 0.3) is 11.0 Å². The number of amides is 4.